The van der Waals surface area contributed by atoms with E-state index in [-0.39, 0.29) is 45.5 Å². The lowest BCUT2D eigenvalue weighted by Crippen LogP contribution is -2.54. The maximum atomic E-state index is 14.5. The van der Waals surface area contributed by atoms with Crippen molar-refractivity contribution in [3.63, 3.8) is 0 Å². The fourth-order valence-corrected chi connectivity index (χ4v) is 7.08. The Balaban J connectivity index is 1.84. The number of carbonyl (C=O) groups excluding carboxylic acids is 2. The van der Waals surface area contributed by atoms with Gasteiger partial charge in [0.25, 0.3) is 10.0 Å². The molecule has 0 radical (unpaired) electrons. The number of benzene rings is 4. The average Bonchev–Trinajstić information content (AvgIpc) is 3.04. The summed E-state index contributed by atoms with van der Waals surface area (Å²) < 4.78 is 29.1. The molecule has 4 aromatic rings. The summed E-state index contributed by atoms with van der Waals surface area (Å²) in [6.07, 6.45) is 0.839. The van der Waals surface area contributed by atoms with Crippen LogP contribution in [0.4, 0.5) is 5.69 Å². The predicted molar refractivity (Wildman–Crippen MR) is 186 cm³/mol. The number of halogens is 4. The highest BCUT2D eigenvalue weighted by Gasteiger charge is 2.35. The first-order valence-corrected chi connectivity index (χ1v) is 17.5. The Kier molecular flexibility index (Phi) is 12.4. The van der Waals surface area contributed by atoms with Crippen molar-refractivity contribution < 1.29 is 18.0 Å². The second kappa shape index (κ2) is 16.0. The Morgan fingerprint density at radius 3 is 2.04 bits per heavy atom. The molecule has 0 aliphatic heterocycles. The van der Waals surface area contributed by atoms with Gasteiger partial charge in [0.15, 0.2) is 0 Å². The zero-order valence-electron chi connectivity index (χ0n) is 25.2. The minimum atomic E-state index is -4.31. The van der Waals surface area contributed by atoms with Crippen LogP contribution in [0.3, 0.4) is 0 Å². The minimum Gasteiger partial charge on any atom is -0.352 e. The Bertz CT molecular complexity index is 1780. The van der Waals surface area contributed by atoms with Crippen molar-refractivity contribution >= 4 is 73.9 Å². The molecule has 2 amide bonds. The molecule has 0 saturated carbocycles. The molecule has 46 heavy (non-hydrogen) atoms. The number of hydrogen-bond donors (Lipinski definition) is 1. The molecule has 0 saturated heterocycles. The average molecular weight is 722 g/mol. The summed E-state index contributed by atoms with van der Waals surface area (Å²) in [7, 11) is -4.31. The standard InChI is InChI=1S/C34H33Cl4N3O4S/c1-3-23(2)39-34(43)32(19-24-10-6-4-7-11-24)40(21-25-14-16-28(36)29(37)18-25)33(42)22-41(31-17-15-26(35)20-30(31)38)46(44,45)27-12-8-5-9-13-27/h4-18,20,23,32H,3,19,21-22H2,1-2H3,(H,39,43)/t23-,32-/m0/s1. The summed E-state index contributed by atoms with van der Waals surface area (Å²) in [6, 6.07) is 25.1. The number of amides is 2. The molecule has 0 spiro atoms. The lowest BCUT2D eigenvalue weighted by molar-refractivity contribution is -0.140. The molecule has 0 unspecified atom stereocenters. The molecule has 1 N–H and O–H groups in total. The highest BCUT2D eigenvalue weighted by atomic mass is 35.5. The van der Waals surface area contributed by atoms with Crippen LogP contribution >= 0.6 is 46.4 Å². The second-order valence-corrected chi connectivity index (χ2v) is 14.2. The van der Waals surface area contributed by atoms with Crippen LogP contribution in [-0.2, 0) is 32.6 Å². The first-order valence-electron chi connectivity index (χ1n) is 14.5. The van der Waals surface area contributed by atoms with E-state index < -0.39 is 28.5 Å². The Morgan fingerprint density at radius 1 is 0.783 bits per heavy atom. The van der Waals surface area contributed by atoms with Crippen LogP contribution in [0.15, 0.2) is 102 Å². The number of nitrogens with zero attached hydrogens (tertiary/aromatic N) is 2. The molecule has 0 fully saturated rings. The lowest BCUT2D eigenvalue weighted by atomic mass is 10.0. The molecule has 7 nitrogen and oxygen atoms in total. The third kappa shape index (κ3) is 8.96. The van der Waals surface area contributed by atoms with E-state index >= 15 is 0 Å². The van der Waals surface area contributed by atoms with Gasteiger partial charge in [0.05, 0.1) is 25.7 Å². The quantitative estimate of drug-likeness (QED) is 0.152. The fourth-order valence-electron chi connectivity index (χ4n) is 4.75. The minimum absolute atomic E-state index is 0.0335. The maximum Gasteiger partial charge on any atom is 0.264 e. The van der Waals surface area contributed by atoms with Gasteiger partial charge in [-0.1, -0.05) is 108 Å². The molecule has 2 atom stereocenters. The van der Waals surface area contributed by atoms with Gasteiger partial charge >= 0.3 is 0 Å². The van der Waals surface area contributed by atoms with E-state index in [1.54, 1.807) is 36.4 Å². The number of nitrogens with one attached hydrogen (secondary N) is 1. The van der Waals surface area contributed by atoms with Gasteiger partial charge in [-0.3, -0.25) is 13.9 Å². The van der Waals surface area contributed by atoms with E-state index in [1.165, 1.54) is 35.2 Å². The van der Waals surface area contributed by atoms with Crippen molar-refractivity contribution in [3.8, 4) is 0 Å². The number of rotatable bonds is 13. The maximum absolute atomic E-state index is 14.5. The van der Waals surface area contributed by atoms with Crippen LogP contribution in [0.2, 0.25) is 20.1 Å². The van der Waals surface area contributed by atoms with Crippen molar-refractivity contribution in [3.05, 3.63) is 128 Å². The third-order valence-corrected chi connectivity index (χ3v) is 10.4. The topological polar surface area (TPSA) is 86.8 Å². The van der Waals surface area contributed by atoms with E-state index in [0.29, 0.717) is 22.0 Å². The smallest absolute Gasteiger partial charge is 0.264 e. The van der Waals surface area contributed by atoms with Gasteiger partial charge in [0.1, 0.15) is 12.6 Å². The molecule has 0 bridgehead atoms. The highest BCUT2D eigenvalue weighted by Crippen LogP contribution is 2.33. The molecule has 4 aromatic carbocycles. The van der Waals surface area contributed by atoms with Gasteiger partial charge in [-0.05, 0) is 66.9 Å². The van der Waals surface area contributed by atoms with Gasteiger partial charge in [-0.15, -0.1) is 0 Å². The van der Waals surface area contributed by atoms with E-state index in [0.717, 1.165) is 9.87 Å². The van der Waals surface area contributed by atoms with Gasteiger partial charge in [-0.25, -0.2) is 8.42 Å². The zero-order chi connectivity index (χ0) is 33.4. The van der Waals surface area contributed by atoms with E-state index in [1.807, 2.05) is 44.2 Å². The van der Waals surface area contributed by atoms with Crippen LogP contribution in [0.25, 0.3) is 0 Å². The van der Waals surface area contributed by atoms with Crippen molar-refractivity contribution in [1.82, 2.24) is 10.2 Å². The van der Waals surface area contributed by atoms with Gasteiger partial charge in [0.2, 0.25) is 11.8 Å². The van der Waals surface area contributed by atoms with Crippen molar-refractivity contribution in [2.24, 2.45) is 0 Å². The Labute approximate surface area is 290 Å². The number of hydrogen-bond acceptors (Lipinski definition) is 4. The van der Waals surface area contributed by atoms with E-state index in [4.69, 9.17) is 46.4 Å². The van der Waals surface area contributed by atoms with Crippen LogP contribution in [0.1, 0.15) is 31.4 Å². The molecule has 242 valence electrons. The van der Waals surface area contributed by atoms with Crippen molar-refractivity contribution in [1.29, 1.82) is 0 Å². The molecular weight excluding hydrogens is 688 g/mol. The number of sulfonamides is 1. The van der Waals surface area contributed by atoms with Crippen LogP contribution < -0.4 is 9.62 Å². The summed E-state index contributed by atoms with van der Waals surface area (Å²) in [4.78, 5) is 29.8. The largest absolute Gasteiger partial charge is 0.352 e. The molecule has 0 aromatic heterocycles. The van der Waals surface area contributed by atoms with Crippen LogP contribution in [-0.4, -0.2) is 43.8 Å². The molecule has 12 heteroatoms. The Hall–Kier alpha value is -3.27. The summed E-state index contributed by atoms with van der Waals surface area (Å²) in [5.41, 5.74) is 1.47. The first-order chi connectivity index (χ1) is 21.9. The SMILES string of the molecule is CC[C@H](C)NC(=O)[C@H](Cc1ccccc1)N(Cc1ccc(Cl)c(Cl)c1)C(=O)CN(c1ccc(Cl)cc1Cl)S(=O)(=O)c1ccccc1. The number of anilines is 1. The molecule has 0 aliphatic rings. The summed E-state index contributed by atoms with van der Waals surface area (Å²) in [5.74, 6) is -1.02. The summed E-state index contributed by atoms with van der Waals surface area (Å²) in [5, 5.41) is 3.93. The second-order valence-electron chi connectivity index (χ2n) is 10.7. The van der Waals surface area contributed by atoms with Crippen LogP contribution in [0, 0.1) is 0 Å². The molecule has 4 rings (SSSR count). The molecule has 0 aliphatic carbocycles. The van der Waals surface area contributed by atoms with E-state index in [2.05, 4.69) is 5.32 Å². The van der Waals surface area contributed by atoms with Crippen molar-refractivity contribution in [2.75, 3.05) is 10.8 Å². The van der Waals surface area contributed by atoms with E-state index in [9.17, 15) is 18.0 Å². The highest BCUT2D eigenvalue weighted by molar-refractivity contribution is 7.92. The Morgan fingerprint density at radius 2 is 1.43 bits per heavy atom. The van der Waals surface area contributed by atoms with Gasteiger partial charge in [0, 0.05) is 24.0 Å². The normalized spacial score (nSPS) is 12.7. The summed E-state index contributed by atoms with van der Waals surface area (Å²) in [6.45, 7) is 3.09. The monoisotopic (exact) mass is 719 g/mol. The number of carbonyl (C=O) groups is 2. The van der Waals surface area contributed by atoms with Crippen molar-refractivity contribution in [2.45, 2.75) is 50.2 Å². The predicted octanol–water partition coefficient (Wildman–Crippen LogP) is 8.05. The van der Waals surface area contributed by atoms with Crippen LogP contribution in [0.5, 0.6) is 0 Å². The van der Waals surface area contributed by atoms with Gasteiger partial charge in [-0.2, -0.15) is 0 Å². The first kappa shape index (κ1) is 35.6. The van der Waals surface area contributed by atoms with Gasteiger partial charge < -0.3 is 10.2 Å². The fraction of sp³-hybridized carbons (Fsp3) is 0.235. The third-order valence-electron chi connectivity index (χ3n) is 7.40. The summed E-state index contributed by atoms with van der Waals surface area (Å²) >= 11 is 25.2. The zero-order valence-corrected chi connectivity index (χ0v) is 29.0. The molecule has 0 heterocycles. The molecular formula is C34H33Cl4N3O4S. The lowest BCUT2D eigenvalue weighted by Gasteiger charge is -2.34.